The summed E-state index contributed by atoms with van der Waals surface area (Å²) in [5.74, 6) is 2.44. The second-order valence-electron chi connectivity index (χ2n) is 8.61. The van der Waals surface area contributed by atoms with Crippen LogP contribution in [0.2, 0.25) is 5.02 Å². The maximum absolute atomic E-state index is 14.0. The van der Waals surface area contributed by atoms with Gasteiger partial charge in [-0.2, -0.15) is 0 Å². The Bertz CT molecular complexity index is 1600. The Morgan fingerprint density at radius 2 is 1.86 bits per heavy atom. The number of rotatable bonds is 5. The smallest absolute Gasteiger partial charge is 0.255 e. The second kappa shape index (κ2) is 8.94. The average Bonchev–Trinajstić information content (AvgIpc) is 3.52. The highest BCUT2D eigenvalue weighted by Gasteiger charge is 2.35. The molecule has 2 aliphatic heterocycles. The van der Waals surface area contributed by atoms with Crippen molar-refractivity contribution in [3.05, 3.63) is 76.5 Å². The van der Waals surface area contributed by atoms with Crippen LogP contribution < -0.4 is 29.6 Å². The van der Waals surface area contributed by atoms with Crippen molar-refractivity contribution in [1.82, 2.24) is 9.55 Å². The molecule has 188 valence electrons. The Hall–Kier alpha value is -4.37. The zero-order valence-corrected chi connectivity index (χ0v) is 21.1. The van der Waals surface area contributed by atoms with Gasteiger partial charge in [0.15, 0.2) is 11.5 Å². The number of imidazole rings is 1. The van der Waals surface area contributed by atoms with Gasteiger partial charge in [-0.05, 0) is 36.8 Å². The van der Waals surface area contributed by atoms with Gasteiger partial charge in [-0.1, -0.05) is 29.8 Å². The number of amides is 1. The number of para-hydroxylation sites is 2. The van der Waals surface area contributed by atoms with Gasteiger partial charge < -0.3 is 29.6 Å². The number of benzene rings is 3. The molecule has 1 aromatic heterocycles. The maximum Gasteiger partial charge on any atom is 0.255 e. The first-order valence-electron chi connectivity index (χ1n) is 11.6. The number of hydrogen-bond donors (Lipinski definition) is 2. The molecule has 3 heterocycles. The fourth-order valence-corrected chi connectivity index (χ4v) is 5.04. The molecular weight excluding hydrogens is 496 g/mol. The number of carbonyl (C=O) groups is 1. The predicted molar refractivity (Wildman–Crippen MR) is 140 cm³/mol. The molecule has 1 amide bonds. The summed E-state index contributed by atoms with van der Waals surface area (Å²) >= 11 is 6.27. The van der Waals surface area contributed by atoms with E-state index < -0.39 is 6.04 Å². The summed E-state index contributed by atoms with van der Waals surface area (Å²) in [6.45, 7) is 2.02. The molecule has 37 heavy (non-hydrogen) atoms. The van der Waals surface area contributed by atoms with E-state index in [0.717, 1.165) is 16.6 Å². The lowest BCUT2D eigenvalue weighted by Gasteiger charge is -2.31. The lowest BCUT2D eigenvalue weighted by atomic mass is 9.94. The number of hydrogen-bond acceptors (Lipinski definition) is 7. The number of carbonyl (C=O) groups excluding carboxylic acids is 1. The highest BCUT2D eigenvalue weighted by atomic mass is 35.5. The molecule has 0 fully saturated rings. The molecule has 0 spiro atoms. The fourth-order valence-electron chi connectivity index (χ4n) is 4.80. The molecule has 0 bridgehead atoms. The van der Waals surface area contributed by atoms with Gasteiger partial charge in [0.25, 0.3) is 5.91 Å². The van der Waals surface area contributed by atoms with E-state index >= 15 is 0 Å². The van der Waals surface area contributed by atoms with E-state index in [2.05, 4.69) is 10.6 Å². The van der Waals surface area contributed by atoms with Crippen molar-refractivity contribution < 1.29 is 23.7 Å². The zero-order chi connectivity index (χ0) is 25.7. The summed E-state index contributed by atoms with van der Waals surface area (Å²) < 4.78 is 24.0. The van der Waals surface area contributed by atoms with Crippen LogP contribution in [0.15, 0.2) is 65.9 Å². The topological polar surface area (TPSA) is 95.9 Å². The van der Waals surface area contributed by atoms with Crippen LogP contribution in [-0.2, 0) is 4.79 Å². The quantitative estimate of drug-likeness (QED) is 0.367. The number of nitrogens with zero attached hydrogens (tertiary/aromatic N) is 2. The first-order valence-corrected chi connectivity index (χ1v) is 11.9. The van der Waals surface area contributed by atoms with Gasteiger partial charge >= 0.3 is 0 Å². The normalized spacial score (nSPS) is 15.8. The molecule has 9 nitrogen and oxygen atoms in total. The Morgan fingerprint density at radius 1 is 1.08 bits per heavy atom. The molecule has 0 saturated carbocycles. The summed E-state index contributed by atoms with van der Waals surface area (Å²) in [6, 6.07) is 16.3. The van der Waals surface area contributed by atoms with Gasteiger partial charge in [-0.3, -0.25) is 9.36 Å². The molecule has 0 unspecified atom stereocenters. The van der Waals surface area contributed by atoms with E-state index in [9.17, 15) is 4.79 Å². The standard InChI is InChI=1S/C27H23ClN4O5/c1-14-24(26(33)30-18-12-21(34-2)16(28)11-22(18)35-3)25(15-8-9-20-23(10-15)37-13-36-20)32-19-7-5-4-6-17(19)31-27(32)29-14/h4-12,25H,13H2,1-3H3,(H,29,31)(H,30,33)/t25-/m1/s1. The van der Waals surface area contributed by atoms with Crippen LogP contribution in [0, 0.1) is 0 Å². The number of methoxy groups -OCH3 is 2. The Balaban J connectivity index is 1.49. The summed E-state index contributed by atoms with van der Waals surface area (Å²) in [5.41, 5.74) is 4.15. The van der Waals surface area contributed by atoms with Gasteiger partial charge in [0.1, 0.15) is 11.5 Å². The van der Waals surface area contributed by atoms with Crippen LogP contribution in [-0.4, -0.2) is 36.5 Å². The number of ether oxygens (including phenoxy) is 4. The Morgan fingerprint density at radius 3 is 2.68 bits per heavy atom. The second-order valence-corrected chi connectivity index (χ2v) is 9.02. The van der Waals surface area contributed by atoms with Crippen molar-refractivity contribution >= 4 is 40.2 Å². The Kier molecular flexibility index (Phi) is 5.57. The van der Waals surface area contributed by atoms with Crippen LogP contribution in [0.25, 0.3) is 11.0 Å². The lowest BCUT2D eigenvalue weighted by molar-refractivity contribution is -0.113. The van der Waals surface area contributed by atoms with Gasteiger partial charge in [0.05, 0.1) is 47.6 Å². The van der Waals surface area contributed by atoms with Crippen molar-refractivity contribution in [3.63, 3.8) is 0 Å². The third-order valence-corrected chi connectivity index (χ3v) is 6.81. The third-order valence-electron chi connectivity index (χ3n) is 6.51. The first-order chi connectivity index (χ1) is 18.0. The fraction of sp³-hybridized carbons (Fsp3) is 0.185. The molecular formula is C27H23ClN4O5. The molecule has 6 rings (SSSR count). The molecule has 10 heteroatoms. The van der Waals surface area contributed by atoms with E-state index in [-0.39, 0.29) is 12.7 Å². The largest absolute Gasteiger partial charge is 0.495 e. The summed E-state index contributed by atoms with van der Waals surface area (Å²) in [6.07, 6.45) is 0. The van der Waals surface area contributed by atoms with Crippen molar-refractivity contribution in [2.24, 2.45) is 0 Å². The number of allylic oxidation sites excluding steroid dienone is 1. The molecule has 0 saturated heterocycles. The summed E-state index contributed by atoms with van der Waals surface area (Å²) in [4.78, 5) is 18.8. The van der Waals surface area contributed by atoms with Crippen molar-refractivity contribution in [2.75, 3.05) is 31.6 Å². The molecule has 4 aromatic rings. The summed E-state index contributed by atoms with van der Waals surface area (Å²) in [7, 11) is 3.03. The van der Waals surface area contributed by atoms with Crippen LogP contribution in [0.1, 0.15) is 18.5 Å². The average molecular weight is 519 g/mol. The molecule has 2 N–H and O–H groups in total. The zero-order valence-electron chi connectivity index (χ0n) is 20.3. The number of anilines is 2. The predicted octanol–water partition coefficient (Wildman–Crippen LogP) is 5.36. The Labute approximate surface area is 217 Å². The SMILES string of the molecule is COc1cc(NC(=O)C2=C(C)Nc3nc4ccccc4n3[C@@H]2c2ccc3c(c2)OCO3)c(OC)cc1Cl. The van der Waals surface area contributed by atoms with Crippen LogP contribution in [0.5, 0.6) is 23.0 Å². The third kappa shape index (κ3) is 3.79. The van der Waals surface area contributed by atoms with E-state index in [1.807, 2.05) is 54.0 Å². The minimum Gasteiger partial charge on any atom is -0.495 e. The maximum atomic E-state index is 14.0. The minimum atomic E-state index is -0.502. The van der Waals surface area contributed by atoms with Crippen LogP contribution in [0.4, 0.5) is 11.6 Å². The first kappa shape index (κ1) is 23.1. The number of aromatic nitrogens is 2. The minimum absolute atomic E-state index is 0.157. The van der Waals surface area contributed by atoms with Crippen molar-refractivity contribution in [1.29, 1.82) is 0 Å². The van der Waals surface area contributed by atoms with E-state index in [4.69, 9.17) is 35.5 Å². The number of fused-ring (bicyclic) bond motifs is 4. The summed E-state index contributed by atoms with van der Waals surface area (Å²) in [5, 5.41) is 6.69. The molecule has 0 radical (unpaired) electrons. The molecule has 1 atom stereocenters. The lowest BCUT2D eigenvalue weighted by Crippen LogP contribution is -2.31. The molecule has 2 aliphatic rings. The van der Waals surface area contributed by atoms with E-state index in [1.54, 1.807) is 12.1 Å². The van der Waals surface area contributed by atoms with E-state index in [1.165, 1.54) is 14.2 Å². The highest BCUT2D eigenvalue weighted by molar-refractivity contribution is 6.32. The van der Waals surface area contributed by atoms with Crippen LogP contribution >= 0.6 is 11.6 Å². The van der Waals surface area contributed by atoms with Crippen molar-refractivity contribution in [3.8, 4) is 23.0 Å². The molecule has 0 aliphatic carbocycles. The van der Waals surface area contributed by atoms with Gasteiger partial charge in [0.2, 0.25) is 12.7 Å². The van der Waals surface area contributed by atoms with Gasteiger partial charge in [-0.25, -0.2) is 4.98 Å². The molecule has 3 aromatic carbocycles. The van der Waals surface area contributed by atoms with E-state index in [0.29, 0.717) is 50.9 Å². The monoisotopic (exact) mass is 518 g/mol. The number of halogens is 1. The van der Waals surface area contributed by atoms with Crippen molar-refractivity contribution in [2.45, 2.75) is 13.0 Å². The highest BCUT2D eigenvalue weighted by Crippen LogP contribution is 2.43. The number of nitrogens with one attached hydrogen (secondary N) is 2. The van der Waals surface area contributed by atoms with Gasteiger partial charge in [0, 0.05) is 17.8 Å². The van der Waals surface area contributed by atoms with Crippen LogP contribution in [0.3, 0.4) is 0 Å². The van der Waals surface area contributed by atoms with Gasteiger partial charge in [-0.15, -0.1) is 0 Å².